The number of nitrogens with zero attached hydrogens (tertiary/aromatic N) is 6. The van der Waals surface area contributed by atoms with Crippen molar-refractivity contribution in [3.8, 4) is 33.6 Å². The third kappa shape index (κ3) is 6.75. The average molecular weight is 619 g/mol. The molecule has 0 saturated carbocycles. The molecule has 0 bridgehead atoms. The number of fused-ring (bicyclic) bond motifs is 1. The summed E-state index contributed by atoms with van der Waals surface area (Å²) in [6, 6.07) is 21.0. The number of H-pyrrole nitrogens is 1. The first-order chi connectivity index (χ1) is 22.5. The van der Waals surface area contributed by atoms with Gasteiger partial charge in [0, 0.05) is 86.6 Å². The Morgan fingerprint density at radius 2 is 1.59 bits per heavy atom. The maximum Gasteiger partial charge on any atom is 0.238 e. The van der Waals surface area contributed by atoms with E-state index in [-0.39, 0.29) is 12.5 Å². The lowest BCUT2D eigenvalue weighted by atomic mass is 10.00. The van der Waals surface area contributed by atoms with E-state index in [0.29, 0.717) is 6.54 Å². The second kappa shape index (κ2) is 13.6. The van der Waals surface area contributed by atoms with E-state index in [2.05, 4.69) is 72.6 Å². The summed E-state index contributed by atoms with van der Waals surface area (Å²) in [6.45, 7) is 8.41. The van der Waals surface area contributed by atoms with Crippen LogP contribution >= 0.6 is 0 Å². The van der Waals surface area contributed by atoms with Crippen molar-refractivity contribution in [1.29, 1.82) is 0 Å². The van der Waals surface area contributed by atoms with Crippen molar-refractivity contribution < 1.29 is 9.90 Å². The Morgan fingerprint density at radius 1 is 0.870 bits per heavy atom. The summed E-state index contributed by atoms with van der Waals surface area (Å²) in [5.74, 6) is 0.0265. The Morgan fingerprint density at radius 3 is 2.33 bits per heavy atom. The fourth-order valence-corrected chi connectivity index (χ4v) is 6.73. The number of rotatable bonds is 10. The van der Waals surface area contributed by atoms with Crippen molar-refractivity contribution in [3.63, 3.8) is 0 Å². The maximum absolute atomic E-state index is 12.5. The molecule has 0 radical (unpaired) electrons. The van der Waals surface area contributed by atoms with Gasteiger partial charge in [0.1, 0.15) is 11.3 Å². The van der Waals surface area contributed by atoms with Crippen molar-refractivity contribution in [1.82, 2.24) is 34.4 Å². The molecule has 10 nitrogen and oxygen atoms in total. The monoisotopic (exact) mass is 618 g/mol. The van der Waals surface area contributed by atoms with Crippen LogP contribution in [0.15, 0.2) is 73.1 Å². The van der Waals surface area contributed by atoms with Gasteiger partial charge in [-0.05, 0) is 66.9 Å². The number of hydrogen-bond donors (Lipinski definition) is 3. The SMILES string of the molecule is Cn1cc(-c2ccnc3[nH]c(-c4ccc(CN5CCN(CCO)CC5)cc4)cc23)c(-c2ccc(NC(=O)CN3CCCC3)cc2)n1. The van der Waals surface area contributed by atoms with Gasteiger partial charge in [-0.15, -0.1) is 0 Å². The molecule has 7 rings (SSSR count). The standard InChI is InChI=1S/C36H42N8O2/c1-41-24-32(35(40-41)28-8-10-29(11-9-28)38-34(46)25-43-14-2-3-15-43)30-12-13-37-36-31(30)22-33(39-36)27-6-4-26(5-7-27)23-44-18-16-42(17-19-44)20-21-45/h4-13,22,24,45H,2-3,14-21,23,25H2,1H3,(H,37,39)(H,38,46). The minimum atomic E-state index is 0.0265. The van der Waals surface area contributed by atoms with Crippen LogP contribution in [0.5, 0.6) is 0 Å². The Bertz CT molecular complexity index is 1780. The Balaban J connectivity index is 1.08. The summed E-state index contributed by atoms with van der Waals surface area (Å²) in [5.41, 5.74) is 9.03. The minimum Gasteiger partial charge on any atom is -0.395 e. The van der Waals surface area contributed by atoms with E-state index < -0.39 is 0 Å². The highest BCUT2D eigenvalue weighted by Gasteiger charge is 2.19. The number of aliphatic hydroxyl groups excluding tert-OH is 1. The van der Waals surface area contributed by atoms with Gasteiger partial charge in [-0.25, -0.2) is 4.98 Å². The van der Waals surface area contributed by atoms with Crippen LogP contribution in [0.25, 0.3) is 44.7 Å². The molecule has 10 heteroatoms. The smallest absolute Gasteiger partial charge is 0.238 e. The van der Waals surface area contributed by atoms with Gasteiger partial charge < -0.3 is 15.4 Å². The van der Waals surface area contributed by atoms with Gasteiger partial charge in [0.05, 0.1) is 13.2 Å². The molecule has 46 heavy (non-hydrogen) atoms. The molecular formula is C36H42N8O2. The molecule has 2 aliphatic rings. The summed E-state index contributed by atoms with van der Waals surface area (Å²) in [7, 11) is 1.94. The second-order valence-electron chi connectivity index (χ2n) is 12.5. The van der Waals surface area contributed by atoms with Crippen LogP contribution < -0.4 is 5.32 Å². The van der Waals surface area contributed by atoms with Gasteiger partial charge in [0.15, 0.2) is 0 Å². The first-order valence-corrected chi connectivity index (χ1v) is 16.3. The van der Waals surface area contributed by atoms with Gasteiger partial charge >= 0.3 is 0 Å². The van der Waals surface area contributed by atoms with Gasteiger partial charge in [0.2, 0.25) is 5.91 Å². The number of carbonyl (C=O) groups is 1. The van der Waals surface area contributed by atoms with Crippen molar-refractivity contribution in [2.24, 2.45) is 7.05 Å². The van der Waals surface area contributed by atoms with Crippen LogP contribution in [0, 0.1) is 0 Å². The number of nitrogens with one attached hydrogen (secondary N) is 2. The number of hydrogen-bond acceptors (Lipinski definition) is 7. The number of β-amino-alcohol motifs (C(OH)–C–C–N with tert-alkyl or cyclic N) is 1. The highest BCUT2D eigenvalue weighted by atomic mass is 16.3. The first kappa shape index (κ1) is 30.3. The van der Waals surface area contributed by atoms with Crippen molar-refractivity contribution >= 4 is 22.6 Å². The second-order valence-corrected chi connectivity index (χ2v) is 12.5. The number of pyridine rings is 1. The number of aryl methyl sites for hydroxylation is 1. The van der Waals surface area contributed by atoms with E-state index in [1.165, 1.54) is 18.4 Å². The van der Waals surface area contributed by atoms with E-state index in [1.807, 2.05) is 42.2 Å². The van der Waals surface area contributed by atoms with E-state index in [1.54, 1.807) is 0 Å². The maximum atomic E-state index is 12.5. The molecule has 3 N–H and O–H groups in total. The predicted molar refractivity (Wildman–Crippen MR) is 182 cm³/mol. The molecule has 2 saturated heterocycles. The summed E-state index contributed by atoms with van der Waals surface area (Å²) in [6.07, 6.45) is 6.24. The van der Waals surface area contributed by atoms with Crippen molar-refractivity contribution in [2.45, 2.75) is 19.4 Å². The van der Waals surface area contributed by atoms with Crippen molar-refractivity contribution in [3.05, 3.63) is 78.6 Å². The summed E-state index contributed by atoms with van der Waals surface area (Å²) in [5, 5.41) is 18.1. The number of amides is 1. The number of anilines is 1. The zero-order chi connectivity index (χ0) is 31.5. The summed E-state index contributed by atoms with van der Waals surface area (Å²) < 4.78 is 1.85. The van der Waals surface area contributed by atoms with Crippen LogP contribution in [-0.2, 0) is 18.4 Å². The lowest BCUT2D eigenvalue weighted by Crippen LogP contribution is -2.46. The van der Waals surface area contributed by atoms with E-state index >= 15 is 0 Å². The molecule has 1 amide bonds. The molecule has 0 aliphatic carbocycles. The number of aromatic nitrogens is 4. The largest absolute Gasteiger partial charge is 0.395 e. The third-order valence-corrected chi connectivity index (χ3v) is 9.21. The number of likely N-dealkylation sites (tertiary alicyclic amines) is 1. The molecule has 2 fully saturated rings. The molecule has 5 aromatic rings. The topological polar surface area (TPSA) is 106 Å². The normalized spacial score (nSPS) is 16.4. The highest BCUT2D eigenvalue weighted by Crippen LogP contribution is 2.37. The van der Waals surface area contributed by atoms with E-state index in [9.17, 15) is 9.90 Å². The van der Waals surface area contributed by atoms with Crippen LogP contribution in [0.3, 0.4) is 0 Å². The number of aromatic amines is 1. The summed E-state index contributed by atoms with van der Waals surface area (Å²) >= 11 is 0. The van der Waals surface area contributed by atoms with Gasteiger partial charge in [0.25, 0.3) is 0 Å². The fraction of sp³-hybridized carbons (Fsp3) is 0.361. The third-order valence-electron chi connectivity index (χ3n) is 9.21. The van der Waals surface area contributed by atoms with Gasteiger partial charge in [-0.1, -0.05) is 36.4 Å². The quantitative estimate of drug-likeness (QED) is 0.213. The predicted octanol–water partition coefficient (Wildman–Crippen LogP) is 4.44. The first-order valence-electron chi connectivity index (χ1n) is 16.3. The van der Waals surface area contributed by atoms with Gasteiger partial charge in [-0.2, -0.15) is 5.10 Å². The zero-order valence-electron chi connectivity index (χ0n) is 26.5. The molecule has 238 valence electrons. The lowest BCUT2D eigenvalue weighted by molar-refractivity contribution is -0.117. The van der Waals surface area contributed by atoms with Crippen LogP contribution in [0.4, 0.5) is 5.69 Å². The fourth-order valence-electron chi connectivity index (χ4n) is 6.73. The molecule has 2 aliphatic heterocycles. The molecule has 3 aromatic heterocycles. The Labute approximate surface area is 269 Å². The number of aliphatic hydroxyl groups is 1. The van der Waals surface area contributed by atoms with Crippen molar-refractivity contribution in [2.75, 3.05) is 64.3 Å². The zero-order valence-corrected chi connectivity index (χ0v) is 26.5. The van der Waals surface area contributed by atoms with Crippen LogP contribution in [0.1, 0.15) is 18.4 Å². The molecule has 5 heterocycles. The molecule has 0 atom stereocenters. The van der Waals surface area contributed by atoms with Gasteiger partial charge in [-0.3, -0.25) is 24.2 Å². The summed E-state index contributed by atoms with van der Waals surface area (Å²) in [4.78, 5) is 27.7. The highest BCUT2D eigenvalue weighted by molar-refractivity contribution is 5.99. The molecule has 0 unspecified atom stereocenters. The minimum absolute atomic E-state index is 0.0265. The van der Waals surface area contributed by atoms with E-state index in [4.69, 9.17) is 5.10 Å². The van der Waals surface area contributed by atoms with Crippen LogP contribution in [-0.4, -0.2) is 104 Å². The number of benzene rings is 2. The Kier molecular flexibility index (Phi) is 8.94. The lowest BCUT2D eigenvalue weighted by Gasteiger charge is -2.34. The average Bonchev–Trinajstić information content (AvgIpc) is 3.83. The Hall–Kier alpha value is -4.35. The van der Waals surface area contributed by atoms with Crippen LogP contribution in [0.2, 0.25) is 0 Å². The molecular weight excluding hydrogens is 576 g/mol. The number of carbonyl (C=O) groups excluding carboxylic acids is 1. The molecule has 0 spiro atoms. The van der Waals surface area contributed by atoms with E-state index in [0.717, 1.165) is 103 Å². The molecule has 2 aromatic carbocycles. The number of piperazine rings is 1.